The molecule has 1 aliphatic heterocycles. The number of nitrogens with zero attached hydrogens (tertiary/aromatic N) is 5. The summed E-state index contributed by atoms with van der Waals surface area (Å²) in [6.07, 6.45) is 3.92. The van der Waals surface area contributed by atoms with Crippen molar-refractivity contribution in [1.82, 2.24) is 25.1 Å². The number of likely N-dealkylation sites (tertiary alicyclic amines) is 1. The van der Waals surface area contributed by atoms with E-state index >= 15 is 0 Å². The fourth-order valence-corrected chi connectivity index (χ4v) is 2.02. The van der Waals surface area contributed by atoms with Crippen LogP contribution in [-0.4, -0.2) is 49.9 Å². The first-order valence-corrected chi connectivity index (χ1v) is 6.72. The SMILES string of the molecule is CCC(C)(C)OC(=O)N1CCC(n2cnnn2)CC1. The zero-order chi connectivity index (χ0) is 13.9. The Kier molecular flexibility index (Phi) is 4.01. The molecule has 0 N–H and O–H groups in total. The number of hydrogen-bond acceptors (Lipinski definition) is 5. The molecule has 1 amide bonds. The van der Waals surface area contributed by atoms with Crippen LogP contribution in [0.2, 0.25) is 0 Å². The molecule has 0 saturated carbocycles. The topological polar surface area (TPSA) is 73.1 Å². The molecule has 106 valence electrons. The summed E-state index contributed by atoms with van der Waals surface area (Å²) in [5.41, 5.74) is -0.399. The first-order chi connectivity index (χ1) is 9.02. The summed E-state index contributed by atoms with van der Waals surface area (Å²) >= 11 is 0. The van der Waals surface area contributed by atoms with E-state index in [9.17, 15) is 4.79 Å². The molecule has 1 aliphatic rings. The molecule has 0 spiro atoms. The molecule has 0 radical (unpaired) electrons. The minimum Gasteiger partial charge on any atom is -0.443 e. The van der Waals surface area contributed by atoms with Crippen molar-refractivity contribution in [1.29, 1.82) is 0 Å². The lowest BCUT2D eigenvalue weighted by atomic mass is 10.1. The van der Waals surface area contributed by atoms with E-state index in [1.807, 2.05) is 20.8 Å². The van der Waals surface area contributed by atoms with Crippen molar-refractivity contribution in [3.05, 3.63) is 6.33 Å². The van der Waals surface area contributed by atoms with Crippen molar-refractivity contribution in [2.24, 2.45) is 0 Å². The quantitative estimate of drug-likeness (QED) is 0.832. The molecule has 1 fully saturated rings. The molecule has 2 heterocycles. The molecule has 2 rings (SSSR count). The van der Waals surface area contributed by atoms with Crippen molar-refractivity contribution < 1.29 is 9.53 Å². The fourth-order valence-electron chi connectivity index (χ4n) is 2.02. The minimum atomic E-state index is -0.399. The van der Waals surface area contributed by atoms with Gasteiger partial charge >= 0.3 is 6.09 Å². The van der Waals surface area contributed by atoms with Crippen LogP contribution < -0.4 is 0 Å². The van der Waals surface area contributed by atoms with Gasteiger partial charge in [-0.15, -0.1) is 5.10 Å². The van der Waals surface area contributed by atoms with Gasteiger partial charge in [-0.2, -0.15) is 0 Å². The number of amides is 1. The maximum atomic E-state index is 12.0. The zero-order valence-corrected chi connectivity index (χ0v) is 11.7. The Hall–Kier alpha value is -1.66. The molecule has 1 aromatic heterocycles. The van der Waals surface area contributed by atoms with Crippen LogP contribution in [0.15, 0.2) is 6.33 Å². The molecular weight excluding hydrogens is 246 g/mol. The van der Waals surface area contributed by atoms with Gasteiger partial charge < -0.3 is 9.64 Å². The normalized spacial score (nSPS) is 17.5. The molecule has 1 aromatic rings. The minimum absolute atomic E-state index is 0.220. The lowest BCUT2D eigenvalue weighted by Gasteiger charge is -2.33. The molecular formula is C12H21N5O2. The number of aromatic nitrogens is 4. The van der Waals surface area contributed by atoms with Crippen LogP contribution in [0.5, 0.6) is 0 Å². The molecule has 0 aliphatic carbocycles. The van der Waals surface area contributed by atoms with Gasteiger partial charge in [-0.25, -0.2) is 9.48 Å². The first-order valence-electron chi connectivity index (χ1n) is 6.72. The Balaban J connectivity index is 1.84. The Morgan fingerprint density at radius 3 is 2.63 bits per heavy atom. The van der Waals surface area contributed by atoms with Crippen LogP contribution in [0.1, 0.15) is 46.1 Å². The van der Waals surface area contributed by atoms with Gasteiger partial charge in [0.05, 0.1) is 6.04 Å². The van der Waals surface area contributed by atoms with E-state index < -0.39 is 5.60 Å². The third-order valence-corrected chi connectivity index (χ3v) is 3.68. The van der Waals surface area contributed by atoms with Crippen LogP contribution >= 0.6 is 0 Å². The van der Waals surface area contributed by atoms with Gasteiger partial charge in [0.1, 0.15) is 11.9 Å². The number of piperidine rings is 1. The van der Waals surface area contributed by atoms with E-state index in [-0.39, 0.29) is 12.1 Å². The van der Waals surface area contributed by atoms with Gasteiger partial charge in [-0.3, -0.25) is 0 Å². The van der Waals surface area contributed by atoms with Crippen LogP contribution in [0.3, 0.4) is 0 Å². The molecule has 0 atom stereocenters. The summed E-state index contributed by atoms with van der Waals surface area (Å²) in [4.78, 5) is 13.8. The number of rotatable bonds is 3. The van der Waals surface area contributed by atoms with Gasteiger partial charge in [0, 0.05) is 13.1 Å². The Morgan fingerprint density at radius 1 is 1.42 bits per heavy atom. The van der Waals surface area contributed by atoms with Crippen molar-refractivity contribution in [3.8, 4) is 0 Å². The molecule has 7 nitrogen and oxygen atoms in total. The van der Waals surface area contributed by atoms with E-state index in [2.05, 4.69) is 15.5 Å². The lowest BCUT2D eigenvalue weighted by molar-refractivity contribution is 0.00580. The zero-order valence-electron chi connectivity index (χ0n) is 11.7. The van der Waals surface area contributed by atoms with E-state index in [4.69, 9.17) is 4.74 Å². The number of hydrogen-bond donors (Lipinski definition) is 0. The smallest absolute Gasteiger partial charge is 0.410 e. The average molecular weight is 267 g/mol. The number of ether oxygens (including phenoxy) is 1. The first kappa shape index (κ1) is 13.8. The highest BCUT2D eigenvalue weighted by Gasteiger charge is 2.28. The summed E-state index contributed by atoms with van der Waals surface area (Å²) in [5, 5.41) is 11.2. The summed E-state index contributed by atoms with van der Waals surface area (Å²) in [6.45, 7) is 7.24. The summed E-state index contributed by atoms with van der Waals surface area (Å²) in [7, 11) is 0. The van der Waals surface area contributed by atoms with Crippen LogP contribution in [0.25, 0.3) is 0 Å². The Morgan fingerprint density at radius 2 is 2.11 bits per heavy atom. The fraction of sp³-hybridized carbons (Fsp3) is 0.833. The van der Waals surface area contributed by atoms with Gasteiger partial charge in [0.2, 0.25) is 0 Å². The highest BCUT2D eigenvalue weighted by molar-refractivity contribution is 5.68. The molecule has 0 aromatic carbocycles. The van der Waals surface area contributed by atoms with Crippen molar-refractivity contribution >= 4 is 6.09 Å². The largest absolute Gasteiger partial charge is 0.443 e. The maximum Gasteiger partial charge on any atom is 0.410 e. The molecule has 7 heteroatoms. The molecule has 1 saturated heterocycles. The van der Waals surface area contributed by atoms with Crippen LogP contribution in [0.4, 0.5) is 4.79 Å². The second kappa shape index (κ2) is 5.54. The van der Waals surface area contributed by atoms with Gasteiger partial charge in [-0.1, -0.05) is 6.92 Å². The van der Waals surface area contributed by atoms with Crippen molar-refractivity contribution in [2.75, 3.05) is 13.1 Å². The van der Waals surface area contributed by atoms with E-state index in [0.29, 0.717) is 13.1 Å². The van der Waals surface area contributed by atoms with Crippen molar-refractivity contribution in [2.45, 2.75) is 51.7 Å². The van der Waals surface area contributed by atoms with E-state index in [1.165, 1.54) is 0 Å². The Labute approximate surface area is 112 Å². The second-order valence-corrected chi connectivity index (χ2v) is 5.49. The standard InChI is InChI=1S/C12H21N5O2/c1-4-12(2,3)19-11(18)16-7-5-10(6-8-16)17-9-13-14-15-17/h9-10H,4-8H2,1-3H3. The summed E-state index contributed by atoms with van der Waals surface area (Å²) in [6, 6.07) is 0.276. The highest BCUT2D eigenvalue weighted by atomic mass is 16.6. The predicted octanol–water partition coefficient (Wildman–Crippen LogP) is 1.64. The van der Waals surface area contributed by atoms with E-state index in [1.54, 1.807) is 15.9 Å². The molecule has 0 unspecified atom stereocenters. The van der Waals surface area contributed by atoms with Crippen LogP contribution in [-0.2, 0) is 4.74 Å². The predicted molar refractivity (Wildman–Crippen MR) is 68.5 cm³/mol. The summed E-state index contributed by atoms with van der Waals surface area (Å²) in [5.74, 6) is 0. The van der Waals surface area contributed by atoms with Gasteiger partial charge in [0.15, 0.2) is 0 Å². The lowest BCUT2D eigenvalue weighted by Crippen LogP contribution is -2.42. The summed E-state index contributed by atoms with van der Waals surface area (Å²) < 4.78 is 7.25. The van der Waals surface area contributed by atoms with Crippen LogP contribution in [0, 0.1) is 0 Å². The molecule has 19 heavy (non-hydrogen) atoms. The Bertz CT molecular complexity index is 410. The average Bonchev–Trinajstić information content (AvgIpc) is 2.92. The third kappa shape index (κ3) is 3.42. The number of carbonyl (C=O) groups excluding carboxylic acids is 1. The van der Waals surface area contributed by atoms with Gasteiger partial charge in [-0.05, 0) is 43.5 Å². The maximum absolute atomic E-state index is 12.0. The van der Waals surface area contributed by atoms with E-state index in [0.717, 1.165) is 19.3 Å². The third-order valence-electron chi connectivity index (χ3n) is 3.68. The number of carbonyl (C=O) groups is 1. The second-order valence-electron chi connectivity index (χ2n) is 5.49. The monoisotopic (exact) mass is 267 g/mol. The number of tetrazole rings is 1. The molecule has 0 bridgehead atoms. The van der Waals surface area contributed by atoms with Gasteiger partial charge in [0.25, 0.3) is 0 Å². The van der Waals surface area contributed by atoms with Crippen molar-refractivity contribution in [3.63, 3.8) is 0 Å². The highest BCUT2D eigenvalue weighted by Crippen LogP contribution is 2.23.